The summed E-state index contributed by atoms with van der Waals surface area (Å²) in [5, 5.41) is 8.05. The number of thiophene rings is 1. The number of primary amides is 1. The minimum Gasteiger partial charge on any atom is -0.352 e. The van der Waals surface area contributed by atoms with Gasteiger partial charge < -0.3 is 16.4 Å². The summed E-state index contributed by atoms with van der Waals surface area (Å²) in [6, 6.07) is 9.79. The molecule has 0 aliphatic carbocycles. The van der Waals surface area contributed by atoms with E-state index in [-0.39, 0.29) is 18.4 Å². The Hall–Kier alpha value is -2.05. The largest absolute Gasteiger partial charge is 0.352 e. The van der Waals surface area contributed by atoms with Crippen LogP contribution in [-0.2, 0) is 4.79 Å². The monoisotopic (exact) mass is 351 g/mol. The Morgan fingerprint density at radius 3 is 2.48 bits per heavy atom. The van der Waals surface area contributed by atoms with Gasteiger partial charge >= 0.3 is 6.03 Å². The molecule has 7 heteroatoms. The number of halogens is 1. The van der Waals surface area contributed by atoms with Crippen molar-refractivity contribution < 1.29 is 9.59 Å². The van der Waals surface area contributed by atoms with Crippen LogP contribution in [0.25, 0.3) is 0 Å². The van der Waals surface area contributed by atoms with Crippen LogP contribution in [0.1, 0.15) is 35.9 Å². The first kappa shape index (κ1) is 17.3. The highest BCUT2D eigenvalue weighted by Crippen LogP contribution is 2.23. The summed E-state index contributed by atoms with van der Waals surface area (Å²) in [5.41, 5.74) is 6.15. The third-order valence-corrected chi connectivity index (χ3v) is 4.58. The molecule has 1 aromatic carbocycles. The van der Waals surface area contributed by atoms with Gasteiger partial charge in [-0.1, -0.05) is 29.8 Å². The van der Waals surface area contributed by atoms with Gasteiger partial charge in [-0.2, -0.15) is 0 Å². The van der Waals surface area contributed by atoms with E-state index in [1.165, 1.54) is 11.3 Å². The van der Waals surface area contributed by atoms with E-state index < -0.39 is 12.1 Å². The first-order valence-electron chi connectivity index (χ1n) is 7.10. The van der Waals surface area contributed by atoms with Crippen LogP contribution in [0.3, 0.4) is 0 Å². The Balaban J connectivity index is 1.98. The van der Waals surface area contributed by atoms with Gasteiger partial charge in [-0.05, 0) is 36.1 Å². The molecule has 0 fully saturated rings. The lowest BCUT2D eigenvalue weighted by molar-refractivity contribution is -0.122. The summed E-state index contributed by atoms with van der Waals surface area (Å²) in [7, 11) is 0. The molecule has 23 heavy (non-hydrogen) atoms. The van der Waals surface area contributed by atoms with Crippen molar-refractivity contribution in [1.29, 1.82) is 0 Å². The maximum atomic E-state index is 12.3. The van der Waals surface area contributed by atoms with Crippen molar-refractivity contribution in [2.45, 2.75) is 25.4 Å². The highest BCUT2D eigenvalue weighted by molar-refractivity contribution is 7.10. The molecule has 2 atom stereocenters. The molecule has 1 aromatic heterocycles. The summed E-state index contributed by atoms with van der Waals surface area (Å²) in [6.45, 7) is 1.89. The van der Waals surface area contributed by atoms with Crippen LogP contribution in [0.4, 0.5) is 4.79 Å². The lowest BCUT2D eigenvalue weighted by atomic mass is 10.1. The number of amides is 3. The highest BCUT2D eigenvalue weighted by atomic mass is 35.5. The van der Waals surface area contributed by atoms with Crippen LogP contribution in [0.15, 0.2) is 41.8 Å². The second-order valence-electron chi connectivity index (χ2n) is 5.12. The molecule has 0 aliphatic heterocycles. The number of nitrogens with one attached hydrogen (secondary N) is 2. The van der Waals surface area contributed by atoms with E-state index in [4.69, 9.17) is 17.3 Å². The van der Waals surface area contributed by atoms with Crippen molar-refractivity contribution in [3.63, 3.8) is 0 Å². The first-order chi connectivity index (χ1) is 11.0. The van der Waals surface area contributed by atoms with Crippen molar-refractivity contribution in [1.82, 2.24) is 10.6 Å². The molecule has 5 nitrogen and oxygen atoms in total. The predicted molar refractivity (Wildman–Crippen MR) is 92.4 cm³/mol. The molecule has 4 N–H and O–H groups in total. The number of urea groups is 1. The summed E-state index contributed by atoms with van der Waals surface area (Å²) in [5.74, 6) is -0.167. The molecule has 0 spiro atoms. The van der Waals surface area contributed by atoms with E-state index in [9.17, 15) is 9.59 Å². The van der Waals surface area contributed by atoms with Crippen molar-refractivity contribution >= 4 is 34.9 Å². The Labute approximate surface area is 143 Å². The van der Waals surface area contributed by atoms with Gasteiger partial charge in [0.1, 0.15) is 0 Å². The quantitative estimate of drug-likeness (QED) is 0.745. The first-order valence-corrected chi connectivity index (χ1v) is 8.35. The number of carbonyl (C=O) groups excluding carboxylic acids is 2. The maximum absolute atomic E-state index is 12.3. The Morgan fingerprint density at radius 2 is 1.91 bits per heavy atom. The second-order valence-corrected chi connectivity index (χ2v) is 6.54. The van der Waals surface area contributed by atoms with Crippen LogP contribution in [0, 0.1) is 0 Å². The third kappa shape index (κ3) is 5.26. The van der Waals surface area contributed by atoms with E-state index in [1.807, 2.05) is 36.6 Å². The molecule has 3 amide bonds. The minimum absolute atomic E-state index is 0.126. The third-order valence-electron chi connectivity index (χ3n) is 3.34. The number of carbonyl (C=O) groups is 2. The summed E-state index contributed by atoms with van der Waals surface area (Å²) in [4.78, 5) is 24.3. The zero-order valence-electron chi connectivity index (χ0n) is 12.6. The molecule has 122 valence electrons. The zero-order chi connectivity index (χ0) is 16.8. The number of rotatable bonds is 6. The molecule has 2 rings (SSSR count). The number of nitrogens with two attached hydrogens (primary N) is 1. The Bertz CT molecular complexity index is 658. The average molecular weight is 352 g/mol. The van der Waals surface area contributed by atoms with Crippen LogP contribution >= 0.6 is 22.9 Å². The Morgan fingerprint density at radius 1 is 1.22 bits per heavy atom. The molecule has 0 aliphatic rings. The van der Waals surface area contributed by atoms with Gasteiger partial charge in [0.25, 0.3) is 0 Å². The maximum Gasteiger partial charge on any atom is 0.312 e. The average Bonchev–Trinajstić information content (AvgIpc) is 3.00. The molecule has 0 unspecified atom stereocenters. The van der Waals surface area contributed by atoms with Crippen LogP contribution in [-0.4, -0.2) is 11.9 Å². The van der Waals surface area contributed by atoms with Crippen LogP contribution < -0.4 is 16.4 Å². The lowest BCUT2D eigenvalue weighted by Crippen LogP contribution is -2.36. The molecule has 2 aromatic rings. The molecular weight excluding hydrogens is 334 g/mol. The van der Waals surface area contributed by atoms with E-state index in [0.29, 0.717) is 5.02 Å². The summed E-state index contributed by atoms with van der Waals surface area (Å²) in [6.07, 6.45) is 0.126. The van der Waals surface area contributed by atoms with E-state index in [2.05, 4.69) is 10.6 Å². The van der Waals surface area contributed by atoms with Crippen molar-refractivity contribution in [2.75, 3.05) is 0 Å². The van der Waals surface area contributed by atoms with E-state index in [1.54, 1.807) is 12.1 Å². The molecule has 1 heterocycles. The standard InChI is InChI=1S/C16H18ClN3O2S/c1-10(11-4-6-12(17)7-5-11)19-15(21)9-13(20-16(18)22)14-3-2-8-23-14/h2-8,10,13H,9H2,1H3,(H,19,21)(H3,18,20,22)/t10-,13-/m1/s1. The number of benzene rings is 1. The lowest BCUT2D eigenvalue weighted by Gasteiger charge is -2.19. The van der Waals surface area contributed by atoms with Crippen molar-refractivity contribution in [2.24, 2.45) is 5.73 Å². The van der Waals surface area contributed by atoms with Crippen LogP contribution in [0.2, 0.25) is 5.02 Å². The van der Waals surface area contributed by atoms with Gasteiger partial charge in [0.2, 0.25) is 5.91 Å². The van der Waals surface area contributed by atoms with Gasteiger partial charge in [0.05, 0.1) is 18.5 Å². The predicted octanol–water partition coefficient (Wildman–Crippen LogP) is 3.38. The number of hydrogen-bond donors (Lipinski definition) is 3. The van der Waals surface area contributed by atoms with Gasteiger partial charge in [-0.3, -0.25) is 4.79 Å². The van der Waals surface area contributed by atoms with Gasteiger partial charge in [0.15, 0.2) is 0 Å². The topological polar surface area (TPSA) is 84.2 Å². The second kappa shape index (κ2) is 7.99. The zero-order valence-corrected chi connectivity index (χ0v) is 14.2. The Kier molecular flexibility index (Phi) is 6.01. The summed E-state index contributed by atoms with van der Waals surface area (Å²) >= 11 is 7.33. The number of hydrogen-bond acceptors (Lipinski definition) is 3. The normalized spacial score (nSPS) is 13.1. The van der Waals surface area contributed by atoms with E-state index in [0.717, 1.165) is 10.4 Å². The smallest absolute Gasteiger partial charge is 0.312 e. The van der Waals surface area contributed by atoms with Gasteiger partial charge in [-0.15, -0.1) is 11.3 Å². The summed E-state index contributed by atoms with van der Waals surface area (Å²) < 4.78 is 0. The SMILES string of the molecule is C[C@@H](NC(=O)C[C@@H](NC(N)=O)c1cccs1)c1ccc(Cl)cc1. The van der Waals surface area contributed by atoms with Gasteiger partial charge in [0, 0.05) is 9.90 Å². The molecule has 0 bridgehead atoms. The fraction of sp³-hybridized carbons (Fsp3) is 0.250. The molecule has 0 saturated heterocycles. The minimum atomic E-state index is -0.651. The van der Waals surface area contributed by atoms with E-state index >= 15 is 0 Å². The fourth-order valence-electron chi connectivity index (χ4n) is 2.20. The molecular formula is C16H18ClN3O2S. The highest BCUT2D eigenvalue weighted by Gasteiger charge is 2.19. The fourth-order valence-corrected chi connectivity index (χ4v) is 3.11. The van der Waals surface area contributed by atoms with Gasteiger partial charge in [-0.25, -0.2) is 4.79 Å². The van der Waals surface area contributed by atoms with Crippen molar-refractivity contribution in [3.8, 4) is 0 Å². The molecule has 0 saturated carbocycles. The molecule has 0 radical (unpaired) electrons. The van der Waals surface area contributed by atoms with Crippen LogP contribution in [0.5, 0.6) is 0 Å². The van der Waals surface area contributed by atoms with Crippen molar-refractivity contribution in [3.05, 3.63) is 57.2 Å².